The molecular formula is C18H27NO5. The van der Waals surface area contributed by atoms with Crippen molar-refractivity contribution in [2.24, 2.45) is 0 Å². The quantitative estimate of drug-likeness (QED) is 0.699. The Balaban J connectivity index is 2.96. The highest BCUT2D eigenvalue weighted by atomic mass is 16.5. The van der Waals surface area contributed by atoms with E-state index in [-0.39, 0.29) is 11.5 Å². The smallest absolute Gasteiger partial charge is 0.341 e. The number of nitrogens with one attached hydrogen (secondary N) is 1. The van der Waals surface area contributed by atoms with Crippen molar-refractivity contribution in [3.63, 3.8) is 0 Å². The first-order chi connectivity index (χ1) is 11.4. The largest absolute Gasteiger partial charge is 0.493 e. The molecule has 1 aromatic rings. The van der Waals surface area contributed by atoms with Gasteiger partial charge in [0.15, 0.2) is 0 Å². The first kappa shape index (κ1) is 20.0. The van der Waals surface area contributed by atoms with E-state index in [4.69, 9.17) is 14.2 Å². The number of rotatable bonds is 9. The molecule has 6 heteroatoms. The number of amides is 1. The van der Waals surface area contributed by atoms with Crippen LogP contribution in [-0.2, 0) is 14.3 Å². The van der Waals surface area contributed by atoms with Crippen molar-refractivity contribution >= 4 is 17.6 Å². The zero-order valence-corrected chi connectivity index (χ0v) is 15.1. The average Bonchev–Trinajstić information content (AvgIpc) is 2.57. The van der Waals surface area contributed by atoms with Crippen molar-refractivity contribution in [2.45, 2.75) is 46.1 Å². The molecule has 1 aromatic carbocycles. The zero-order valence-electron chi connectivity index (χ0n) is 15.1. The number of carbonyl (C=O) groups is 2. The fraction of sp³-hybridized carbons (Fsp3) is 0.556. The summed E-state index contributed by atoms with van der Waals surface area (Å²) in [5.41, 5.74) is -0.202. The maximum atomic E-state index is 12.4. The van der Waals surface area contributed by atoms with Gasteiger partial charge in [0, 0.05) is 12.3 Å². The number of hydrogen-bond donors (Lipinski definition) is 1. The highest BCUT2D eigenvalue weighted by molar-refractivity contribution is 5.99. The Morgan fingerprint density at radius 1 is 1.12 bits per heavy atom. The first-order valence-corrected chi connectivity index (χ1v) is 8.16. The molecule has 6 nitrogen and oxygen atoms in total. The number of benzene rings is 1. The number of esters is 1. The molecule has 0 radical (unpaired) electrons. The SMILES string of the molecule is CCCOc1ccc(NC(=O)C(C)(C)OCCC)cc1C(=O)OC. The Kier molecular flexibility index (Phi) is 7.71. The molecule has 0 saturated heterocycles. The first-order valence-electron chi connectivity index (χ1n) is 8.16. The third-order valence-corrected chi connectivity index (χ3v) is 3.32. The van der Waals surface area contributed by atoms with Crippen molar-refractivity contribution in [1.82, 2.24) is 0 Å². The van der Waals surface area contributed by atoms with Gasteiger partial charge >= 0.3 is 5.97 Å². The molecule has 0 saturated carbocycles. The van der Waals surface area contributed by atoms with Crippen LogP contribution in [0, 0.1) is 0 Å². The Bertz CT molecular complexity index is 569. The standard InChI is InChI=1S/C18H27NO5/c1-6-10-23-15-9-8-13(12-14(15)16(20)22-5)19-17(21)18(3,4)24-11-7-2/h8-9,12H,6-7,10-11H2,1-5H3,(H,19,21). The van der Waals surface area contributed by atoms with Gasteiger partial charge in [-0.1, -0.05) is 13.8 Å². The van der Waals surface area contributed by atoms with Crippen molar-refractivity contribution < 1.29 is 23.8 Å². The number of carbonyl (C=O) groups excluding carboxylic acids is 2. The van der Waals surface area contributed by atoms with Gasteiger partial charge in [-0.05, 0) is 44.9 Å². The van der Waals surface area contributed by atoms with E-state index in [1.165, 1.54) is 7.11 Å². The normalized spacial score (nSPS) is 11.0. The van der Waals surface area contributed by atoms with E-state index in [0.29, 0.717) is 24.7 Å². The lowest BCUT2D eigenvalue weighted by molar-refractivity contribution is -0.137. The van der Waals surface area contributed by atoms with E-state index in [1.807, 2.05) is 13.8 Å². The second-order valence-electron chi connectivity index (χ2n) is 5.86. The molecule has 0 aliphatic heterocycles. The zero-order chi connectivity index (χ0) is 18.2. The van der Waals surface area contributed by atoms with Gasteiger partial charge in [-0.3, -0.25) is 4.79 Å². The number of anilines is 1. The van der Waals surface area contributed by atoms with Crippen molar-refractivity contribution in [3.05, 3.63) is 23.8 Å². The summed E-state index contributed by atoms with van der Waals surface area (Å²) in [5.74, 6) is -0.365. The number of ether oxygens (including phenoxy) is 3. The van der Waals surface area contributed by atoms with Crippen LogP contribution >= 0.6 is 0 Å². The molecule has 0 aromatic heterocycles. The van der Waals surface area contributed by atoms with Crippen LogP contribution in [0.3, 0.4) is 0 Å². The minimum absolute atomic E-state index is 0.274. The highest BCUT2D eigenvalue weighted by Crippen LogP contribution is 2.25. The molecule has 0 bridgehead atoms. The second-order valence-corrected chi connectivity index (χ2v) is 5.86. The van der Waals surface area contributed by atoms with E-state index < -0.39 is 11.6 Å². The summed E-state index contributed by atoms with van der Waals surface area (Å²) in [6, 6.07) is 4.88. The fourth-order valence-electron chi connectivity index (χ4n) is 1.92. The summed E-state index contributed by atoms with van der Waals surface area (Å²) in [6.45, 7) is 8.36. The Morgan fingerprint density at radius 3 is 2.38 bits per heavy atom. The average molecular weight is 337 g/mol. The van der Waals surface area contributed by atoms with Gasteiger partial charge in [-0.25, -0.2) is 4.79 Å². The lowest BCUT2D eigenvalue weighted by Crippen LogP contribution is -2.40. The molecule has 1 amide bonds. The Hall–Kier alpha value is -2.08. The molecule has 134 valence electrons. The molecule has 0 aliphatic carbocycles. The van der Waals surface area contributed by atoms with Gasteiger partial charge in [0.2, 0.25) is 0 Å². The van der Waals surface area contributed by atoms with Crippen LogP contribution in [0.5, 0.6) is 5.75 Å². The molecule has 1 N–H and O–H groups in total. The number of methoxy groups -OCH3 is 1. The van der Waals surface area contributed by atoms with E-state index in [1.54, 1.807) is 32.0 Å². The minimum Gasteiger partial charge on any atom is -0.493 e. The van der Waals surface area contributed by atoms with Crippen molar-refractivity contribution in [3.8, 4) is 5.75 Å². The summed E-state index contributed by atoms with van der Waals surface area (Å²) in [6.07, 6.45) is 1.65. The molecule has 0 unspecified atom stereocenters. The van der Waals surface area contributed by atoms with Gasteiger partial charge < -0.3 is 19.5 Å². The maximum absolute atomic E-state index is 12.4. The van der Waals surface area contributed by atoms with E-state index in [2.05, 4.69) is 5.32 Å². The van der Waals surface area contributed by atoms with Crippen LogP contribution in [-0.4, -0.2) is 37.8 Å². The summed E-state index contributed by atoms with van der Waals surface area (Å²) >= 11 is 0. The van der Waals surface area contributed by atoms with Crippen LogP contribution in [0.1, 0.15) is 50.9 Å². The third kappa shape index (κ3) is 5.53. The molecule has 0 atom stereocenters. The Labute approximate surface area is 143 Å². The van der Waals surface area contributed by atoms with Gasteiger partial charge in [-0.2, -0.15) is 0 Å². The minimum atomic E-state index is -0.960. The summed E-state index contributed by atoms with van der Waals surface area (Å²) < 4.78 is 15.9. The van der Waals surface area contributed by atoms with E-state index in [9.17, 15) is 9.59 Å². The Morgan fingerprint density at radius 2 is 1.79 bits per heavy atom. The summed E-state index contributed by atoms with van der Waals surface area (Å²) in [4.78, 5) is 24.3. The maximum Gasteiger partial charge on any atom is 0.341 e. The number of hydrogen-bond acceptors (Lipinski definition) is 5. The third-order valence-electron chi connectivity index (χ3n) is 3.32. The molecular weight excluding hydrogens is 310 g/mol. The monoisotopic (exact) mass is 337 g/mol. The molecule has 24 heavy (non-hydrogen) atoms. The molecule has 1 rings (SSSR count). The van der Waals surface area contributed by atoms with E-state index in [0.717, 1.165) is 12.8 Å². The van der Waals surface area contributed by atoms with Crippen molar-refractivity contribution in [2.75, 3.05) is 25.6 Å². The van der Waals surface area contributed by atoms with Crippen molar-refractivity contribution in [1.29, 1.82) is 0 Å². The fourth-order valence-corrected chi connectivity index (χ4v) is 1.92. The lowest BCUT2D eigenvalue weighted by Gasteiger charge is -2.24. The topological polar surface area (TPSA) is 73.9 Å². The lowest BCUT2D eigenvalue weighted by atomic mass is 10.1. The van der Waals surface area contributed by atoms with Gasteiger partial charge in [0.1, 0.15) is 16.9 Å². The summed E-state index contributed by atoms with van der Waals surface area (Å²) in [5, 5.41) is 2.77. The highest BCUT2D eigenvalue weighted by Gasteiger charge is 2.28. The second kappa shape index (κ2) is 9.27. The van der Waals surface area contributed by atoms with Crippen LogP contribution in [0.15, 0.2) is 18.2 Å². The van der Waals surface area contributed by atoms with Crippen LogP contribution < -0.4 is 10.1 Å². The van der Waals surface area contributed by atoms with Crippen LogP contribution in [0.25, 0.3) is 0 Å². The molecule has 0 spiro atoms. The molecule has 0 heterocycles. The van der Waals surface area contributed by atoms with Crippen LogP contribution in [0.2, 0.25) is 0 Å². The molecule has 0 aliphatic rings. The molecule has 0 fully saturated rings. The predicted molar refractivity (Wildman–Crippen MR) is 92.5 cm³/mol. The van der Waals surface area contributed by atoms with Gasteiger partial charge in [0.05, 0.1) is 13.7 Å². The van der Waals surface area contributed by atoms with E-state index >= 15 is 0 Å². The van der Waals surface area contributed by atoms with Gasteiger partial charge in [-0.15, -0.1) is 0 Å². The summed E-state index contributed by atoms with van der Waals surface area (Å²) in [7, 11) is 1.30. The predicted octanol–water partition coefficient (Wildman–Crippen LogP) is 3.41. The van der Waals surface area contributed by atoms with Gasteiger partial charge in [0.25, 0.3) is 5.91 Å². The van der Waals surface area contributed by atoms with Crippen LogP contribution in [0.4, 0.5) is 5.69 Å².